The zero-order chi connectivity index (χ0) is 14.5. The van der Waals surface area contributed by atoms with E-state index < -0.39 is 4.92 Å². The average molecular weight is 295 g/mol. The van der Waals surface area contributed by atoms with Crippen molar-refractivity contribution in [1.29, 1.82) is 0 Å². The van der Waals surface area contributed by atoms with Crippen molar-refractivity contribution in [2.24, 2.45) is 0 Å². The van der Waals surface area contributed by atoms with Gasteiger partial charge in [-0.2, -0.15) is 4.98 Å². The molecule has 0 aliphatic heterocycles. The zero-order valence-electron chi connectivity index (χ0n) is 10.5. The van der Waals surface area contributed by atoms with Gasteiger partial charge in [-0.1, -0.05) is 17.7 Å². The van der Waals surface area contributed by atoms with Crippen molar-refractivity contribution < 1.29 is 9.66 Å². The Labute approximate surface area is 119 Å². The van der Waals surface area contributed by atoms with Crippen LogP contribution in [0.5, 0.6) is 11.6 Å². The molecule has 0 fully saturated rings. The summed E-state index contributed by atoms with van der Waals surface area (Å²) in [5, 5.41) is 14.3. The maximum absolute atomic E-state index is 10.9. The van der Waals surface area contributed by atoms with E-state index in [9.17, 15) is 10.1 Å². The van der Waals surface area contributed by atoms with Crippen LogP contribution in [-0.4, -0.2) is 21.4 Å². The summed E-state index contributed by atoms with van der Waals surface area (Å²) in [6.07, 6.45) is 1.10. The number of ether oxygens (including phenoxy) is 1. The van der Waals surface area contributed by atoms with Gasteiger partial charge in [-0.05, 0) is 25.1 Å². The van der Waals surface area contributed by atoms with Crippen molar-refractivity contribution in [2.75, 3.05) is 11.9 Å². The third-order valence-corrected chi connectivity index (χ3v) is 2.51. The van der Waals surface area contributed by atoms with Gasteiger partial charge in [0.1, 0.15) is 11.9 Å². The van der Waals surface area contributed by atoms with Gasteiger partial charge in [-0.15, -0.1) is 0 Å². The Morgan fingerprint density at radius 2 is 2.30 bits per heavy atom. The lowest BCUT2D eigenvalue weighted by atomic mass is 10.3. The van der Waals surface area contributed by atoms with Gasteiger partial charge in [0, 0.05) is 11.6 Å². The van der Waals surface area contributed by atoms with Crippen LogP contribution in [0.1, 0.15) is 6.92 Å². The fourth-order valence-corrected chi connectivity index (χ4v) is 1.63. The number of rotatable bonds is 5. The third kappa shape index (κ3) is 3.33. The van der Waals surface area contributed by atoms with Gasteiger partial charge < -0.3 is 10.1 Å². The highest BCUT2D eigenvalue weighted by molar-refractivity contribution is 6.30. The summed E-state index contributed by atoms with van der Waals surface area (Å²) in [5.41, 5.74) is -0.313. The fourth-order valence-electron chi connectivity index (χ4n) is 1.45. The summed E-state index contributed by atoms with van der Waals surface area (Å²) in [6, 6.07) is 6.52. The Kier molecular flexibility index (Phi) is 4.31. The van der Waals surface area contributed by atoms with Gasteiger partial charge in [-0.25, -0.2) is 4.98 Å². The first-order chi connectivity index (χ1) is 9.60. The van der Waals surface area contributed by atoms with Gasteiger partial charge in [0.15, 0.2) is 0 Å². The molecule has 0 aliphatic rings. The Morgan fingerprint density at radius 1 is 1.50 bits per heavy atom. The summed E-state index contributed by atoms with van der Waals surface area (Å²) < 4.78 is 5.42. The first-order valence-corrected chi connectivity index (χ1v) is 6.16. The van der Waals surface area contributed by atoms with Crippen molar-refractivity contribution in [3.05, 3.63) is 45.6 Å². The van der Waals surface area contributed by atoms with Crippen LogP contribution in [0.3, 0.4) is 0 Å². The Morgan fingerprint density at radius 3 is 2.95 bits per heavy atom. The molecule has 0 spiro atoms. The minimum Gasteiger partial charge on any atom is -0.434 e. The van der Waals surface area contributed by atoms with E-state index in [1.807, 2.05) is 6.92 Å². The van der Waals surface area contributed by atoms with E-state index in [0.717, 1.165) is 6.20 Å². The summed E-state index contributed by atoms with van der Waals surface area (Å²) in [7, 11) is 0. The highest BCUT2D eigenvalue weighted by Crippen LogP contribution is 2.30. The van der Waals surface area contributed by atoms with Crippen LogP contribution in [-0.2, 0) is 0 Å². The molecule has 7 nitrogen and oxygen atoms in total. The summed E-state index contributed by atoms with van der Waals surface area (Å²) in [4.78, 5) is 18.2. The number of nitrogens with zero attached hydrogens (tertiary/aromatic N) is 3. The predicted octanol–water partition coefficient (Wildman–Crippen LogP) is 3.26. The maximum Gasteiger partial charge on any atom is 0.349 e. The van der Waals surface area contributed by atoms with E-state index in [1.54, 1.807) is 24.3 Å². The van der Waals surface area contributed by atoms with Gasteiger partial charge in [0.2, 0.25) is 5.95 Å². The molecule has 1 N–H and O–H groups in total. The molecule has 104 valence electrons. The topological polar surface area (TPSA) is 90.2 Å². The van der Waals surface area contributed by atoms with Gasteiger partial charge in [0.25, 0.3) is 0 Å². The molecule has 1 aromatic heterocycles. The summed E-state index contributed by atoms with van der Waals surface area (Å²) >= 11 is 5.84. The monoisotopic (exact) mass is 294 g/mol. The molecule has 0 unspecified atom stereocenters. The van der Waals surface area contributed by atoms with Crippen LogP contribution in [0.2, 0.25) is 5.02 Å². The van der Waals surface area contributed by atoms with Gasteiger partial charge in [0.05, 0.1) is 4.92 Å². The highest BCUT2D eigenvalue weighted by Gasteiger charge is 2.19. The van der Waals surface area contributed by atoms with Gasteiger partial charge in [-0.3, -0.25) is 10.1 Å². The summed E-state index contributed by atoms with van der Waals surface area (Å²) in [5.74, 6) is 0.486. The number of anilines is 1. The van der Waals surface area contributed by atoms with Crippen molar-refractivity contribution in [3.63, 3.8) is 0 Å². The van der Waals surface area contributed by atoms with Crippen LogP contribution in [0.15, 0.2) is 30.5 Å². The van der Waals surface area contributed by atoms with Crippen molar-refractivity contribution in [1.82, 2.24) is 9.97 Å². The number of halogens is 1. The lowest BCUT2D eigenvalue weighted by molar-refractivity contribution is -0.386. The fraction of sp³-hybridized carbons (Fsp3) is 0.167. The quantitative estimate of drug-likeness (QED) is 0.672. The molecule has 0 aliphatic carbocycles. The second-order valence-corrected chi connectivity index (χ2v) is 4.17. The lowest BCUT2D eigenvalue weighted by Crippen LogP contribution is -2.04. The molecule has 0 atom stereocenters. The van der Waals surface area contributed by atoms with E-state index >= 15 is 0 Å². The Bertz CT molecular complexity index is 636. The Balaban J connectivity index is 2.36. The minimum absolute atomic E-state index is 0.136. The van der Waals surface area contributed by atoms with E-state index in [0.29, 0.717) is 17.3 Å². The lowest BCUT2D eigenvalue weighted by Gasteiger charge is -2.07. The molecule has 0 bridgehead atoms. The molecule has 1 heterocycles. The zero-order valence-corrected chi connectivity index (χ0v) is 11.3. The standard InChI is InChI=1S/C12H11ClN4O3/c1-2-14-12-15-7-10(17(18)19)11(16-12)20-9-5-3-4-8(13)6-9/h3-7H,2H2,1H3,(H,14,15,16). The van der Waals surface area contributed by atoms with Crippen LogP contribution >= 0.6 is 11.6 Å². The number of nitrogens with one attached hydrogen (secondary N) is 1. The molecule has 0 radical (unpaired) electrons. The maximum atomic E-state index is 10.9. The molecule has 20 heavy (non-hydrogen) atoms. The van der Waals surface area contributed by atoms with Crippen LogP contribution in [0.4, 0.5) is 11.6 Å². The molecule has 2 aromatic rings. The molecular formula is C12H11ClN4O3. The largest absolute Gasteiger partial charge is 0.434 e. The van der Waals surface area contributed by atoms with Crippen molar-refractivity contribution in [3.8, 4) is 11.6 Å². The molecule has 2 rings (SSSR count). The number of nitro groups is 1. The van der Waals surface area contributed by atoms with E-state index in [-0.39, 0.29) is 17.5 Å². The smallest absolute Gasteiger partial charge is 0.349 e. The van der Waals surface area contributed by atoms with Crippen molar-refractivity contribution >= 4 is 23.2 Å². The second kappa shape index (κ2) is 6.16. The van der Waals surface area contributed by atoms with E-state index in [1.165, 1.54) is 0 Å². The van der Waals surface area contributed by atoms with Crippen LogP contribution in [0, 0.1) is 10.1 Å². The highest BCUT2D eigenvalue weighted by atomic mass is 35.5. The summed E-state index contributed by atoms with van der Waals surface area (Å²) in [6.45, 7) is 2.46. The van der Waals surface area contributed by atoms with Crippen LogP contribution in [0.25, 0.3) is 0 Å². The first kappa shape index (κ1) is 14.0. The molecule has 0 saturated carbocycles. The normalized spacial score (nSPS) is 10.1. The molecule has 0 saturated heterocycles. The SMILES string of the molecule is CCNc1ncc([N+](=O)[O-])c(Oc2cccc(Cl)c2)n1. The van der Waals surface area contributed by atoms with Crippen molar-refractivity contribution in [2.45, 2.75) is 6.92 Å². The third-order valence-electron chi connectivity index (χ3n) is 2.28. The van der Waals surface area contributed by atoms with Gasteiger partial charge >= 0.3 is 11.6 Å². The number of benzene rings is 1. The number of aromatic nitrogens is 2. The predicted molar refractivity (Wildman–Crippen MR) is 74.4 cm³/mol. The Hall–Kier alpha value is -2.41. The van der Waals surface area contributed by atoms with E-state index in [2.05, 4.69) is 15.3 Å². The number of hydrogen-bond acceptors (Lipinski definition) is 6. The molecule has 0 amide bonds. The molecule has 8 heteroatoms. The first-order valence-electron chi connectivity index (χ1n) is 5.79. The van der Waals surface area contributed by atoms with E-state index in [4.69, 9.17) is 16.3 Å². The average Bonchev–Trinajstić information content (AvgIpc) is 2.39. The number of hydrogen-bond donors (Lipinski definition) is 1. The molecule has 1 aromatic carbocycles. The molecular weight excluding hydrogens is 284 g/mol. The second-order valence-electron chi connectivity index (χ2n) is 3.73. The minimum atomic E-state index is -0.602. The van der Waals surface area contributed by atoms with Crippen LogP contribution < -0.4 is 10.1 Å².